The second kappa shape index (κ2) is 6.94. The van der Waals surface area contributed by atoms with Gasteiger partial charge < -0.3 is 9.64 Å². The van der Waals surface area contributed by atoms with E-state index in [2.05, 4.69) is 59.5 Å². The molecular formula is C22H24N2O2. The summed E-state index contributed by atoms with van der Waals surface area (Å²) in [6, 6.07) is 19.1. The van der Waals surface area contributed by atoms with Crippen LogP contribution in [-0.2, 0) is 14.9 Å². The van der Waals surface area contributed by atoms with Gasteiger partial charge in [-0.05, 0) is 43.0 Å². The molecule has 0 aliphatic carbocycles. The predicted octanol–water partition coefficient (Wildman–Crippen LogP) is 4.26. The molecule has 4 nitrogen and oxygen atoms in total. The highest BCUT2D eigenvalue weighted by atomic mass is 16.5. The molecule has 0 radical (unpaired) electrons. The number of fused-ring (bicyclic) bond motifs is 2. The molecule has 0 saturated carbocycles. The highest BCUT2D eigenvalue weighted by Gasteiger charge is 2.47. The van der Waals surface area contributed by atoms with Gasteiger partial charge in [0.25, 0.3) is 0 Å². The van der Waals surface area contributed by atoms with Gasteiger partial charge in [0.1, 0.15) is 0 Å². The van der Waals surface area contributed by atoms with E-state index in [1.54, 1.807) is 0 Å². The van der Waals surface area contributed by atoms with Crippen molar-refractivity contribution in [2.24, 2.45) is 4.99 Å². The topological polar surface area (TPSA) is 41.9 Å². The summed E-state index contributed by atoms with van der Waals surface area (Å²) in [7, 11) is 0. The molecule has 4 heteroatoms. The number of nitrogens with zero attached hydrogens (tertiary/aromatic N) is 2. The summed E-state index contributed by atoms with van der Waals surface area (Å²) in [6.07, 6.45) is 2.76. The third-order valence-electron chi connectivity index (χ3n) is 5.48. The Morgan fingerprint density at radius 1 is 1.15 bits per heavy atom. The molecule has 0 amide bonds. The second-order valence-electron chi connectivity index (χ2n) is 7.11. The quantitative estimate of drug-likeness (QED) is 0.599. The van der Waals surface area contributed by atoms with Crippen LogP contribution in [0.25, 0.3) is 0 Å². The van der Waals surface area contributed by atoms with Crippen LogP contribution in [0.5, 0.6) is 0 Å². The number of ether oxygens (including phenoxy) is 1. The van der Waals surface area contributed by atoms with Crippen LogP contribution in [0.3, 0.4) is 0 Å². The highest BCUT2D eigenvalue weighted by Crippen LogP contribution is 2.47. The monoisotopic (exact) mass is 348 g/mol. The molecule has 0 N–H and O–H groups in total. The molecule has 1 spiro atoms. The van der Waals surface area contributed by atoms with Gasteiger partial charge in [0, 0.05) is 31.4 Å². The van der Waals surface area contributed by atoms with Crippen molar-refractivity contribution < 1.29 is 9.53 Å². The van der Waals surface area contributed by atoms with Crippen molar-refractivity contribution >= 4 is 23.1 Å². The molecule has 2 heterocycles. The third-order valence-corrected chi connectivity index (χ3v) is 5.48. The lowest BCUT2D eigenvalue weighted by atomic mass is 9.75. The van der Waals surface area contributed by atoms with Gasteiger partial charge in [0.2, 0.25) is 0 Å². The first-order chi connectivity index (χ1) is 12.7. The van der Waals surface area contributed by atoms with E-state index in [1.807, 2.05) is 0 Å². The van der Waals surface area contributed by atoms with Crippen LogP contribution in [0.2, 0.25) is 0 Å². The number of anilines is 1. The number of carbonyl (C=O) groups excluding carboxylic acids is 1. The van der Waals surface area contributed by atoms with Gasteiger partial charge in [-0.1, -0.05) is 36.4 Å². The lowest BCUT2D eigenvalue weighted by molar-refractivity contribution is -0.141. The summed E-state index contributed by atoms with van der Waals surface area (Å²) < 4.78 is 5.12. The Labute approximate surface area is 154 Å². The average molecular weight is 348 g/mol. The van der Waals surface area contributed by atoms with Gasteiger partial charge in [0.05, 0.1) is 17.7 Å². The van der Waals surface area contributed by atoms with Crippen LogP contribution in [0, 0.1) is 0 Å². The van der Waals surface area contributed by atoms with Gasteiger partial charge in [0.15, 0.2) is 0 Å². The molecule has 2 aliphatic heterocycles. The van der Waals surface area contributed by atoms with Crippen molar-refractivity contribution in [2.45, 2.75) is 31.6 Å². The molecule has 1 atom stereocenters. The molecule has 26 heavy (non-hydrogen) atoms. The highest BCUT2D eigenvalue weighted by molar-refractivity contribution is 6.03. The second-order valence-corrected chi connectivity index (χ2v) is 7.11. The number of aliphatic imine (C=N–C) groups is 1. The molecule has 2 aliphatic rings. The summed E-state index contributed by atoms with van der Waals surface area (Å²) in [5.74, 6) is -0.215. The molecule has 1 saturated heterocycles. The smallest absolute Gasteiger partial charge is 0.302 e. The Morgan fingerprint density at radius 3 is 2.73 bits per heavy atom. The lowest BCUT2D eigenvalue weighted by Gasteiger charge is -2.28. The first kappa shape index (κ1) is 16.8. The normalized spacial score (nSPS) is 21.0. The zero-order valence-corrected chi connectivity index (χ0v) is 15.1. The van der Waals surface area contributed by atoms with Gasteiger partial charge in [-0.2, -0.15) is 0 Å². The first-order valence-electron chi connectivity index (χ1n) is 9.30. The number of hydrogen-bond donors (Lipinski definition) is 0. The van der Waals surface area contributed by atoms with Gasteiger partial charge in [-0.3, -0.25) is 9.79 Å². The minimum absolute atomic E-state index is 0.0113. The van der Waals surface area contributed by atoms with E-state index in [4.69, 9.17) is 9.73 Å². The van der Waals surface area contributed by atoms with Gasteiger partial charge >= 0.3 is 5.97 Å². The number of rotatable bonds is 5. The number of esters is 1. The molecule has 0 bridgehead atoms. The zero-order valence-electron chi connectivity index (χ0n) is 15.1. The largest absolute Gasteiger partial charge is 0.466 e. The SMILES string of the molecule is CC(=O)OCCCC1=Nc2ccccc2C12CCN(c1ccccc1)C2. The molecule has 2 aromatic carbocycles. The van der Waals surface area contributed by atoms with E-state index in [0.717, 1.165) is 38.0 Å². The summed E-state index contributed by atoms with van der Waals surface area (Å²) >= 11 is 0. The van der Waals surface area contributed by atoms with E-state index in [0.29, 0.717) is 6.61 Å². The van der Waals surface area contributed by atoms with E-state index >= 15 is 0 Å². The average Bonchev–Trinajstić information content (AvgIpc) is 3.23. The van der Waals surface area contributed by atoms with Gasteiger partial charge in [-0.25, -0.2) is 0 Å². The number of benzene rings is 2. The molecular weight excluding hydrogens is 324 g/mol. The van der Waals surface area contributed by atoms with Crippen molar-refractivity contribution in [3.05, 3.63) is 60.2 Å². The van der Waals surface area contributed by atoms with Crippen molar-refractivity contribution in [3.63, 3.8) is 0 Å². The van der Waals surface area contributed by atoms with E-state index in [1.165, 1.54) is 23.9 Å². The molecule has 1 fully saturated rings. The lowest BCUT2D eigenvalue weighted by Crippen LogP contribution is -2.37. The Kier molecular flexibility index (Phi) is 4.49. The Balaban J connectivity index is 1.57. The minimum atomic E-state index is -0.215. The fraction of sp³-hybridized carbons (Fsp3) is 0.364. The molecule has 2 aromatic rings. The van der Waals surface area contributed by atoms with Crippen LogP contribution < -0.4 is 4.90 Å². The van der Waals surface area contributed by atoms with Crippen molar-refractivity contribution in [1.82, 2.24) is 0 Å². The maximum absolute atomic E-state index is 11.0. The summed E-state index contributed by atoms with van der Waals surface area (Å²) in [6.45, 7) is 3.91. The zero-order chi connectivity index (χ0) is 18.0. The molecule has 1 unspecified atom stereocenters. The van der Waals surface area contributed by atoms with Crippen molar-refractivity contribution in [2.75, 3.05) is 24.6 Å². The van der Waals surface area contributed by atoms with E-state index in [-0.39, 0.29) is 11.4 Å². The molecule has 4 rings (SSSR count). The summed E-state index contributed by atoms with van der Waals surface area (Å²) in [5.41, 5.74) is 4.95. The Morgan fingerprint density at radius 2 is 1.92 bits per heavy atom. The summed E-state index contributed by atoms with van der Waals surface area (Å²) in [5, 5.41) is 0. The van der Waals surface area contributed by atoms with Crippen LogP contribution in [0.1, 0.15) is 31.7 Å². The predicted molar refractivity (Wildman–Crippen MR) is 104 cm³/mol. The maximum Gasteiger partial charge on any atom is 0.302 e. The summed E-state index contributed by atoms with van der Waals surface area (Å²) in [4.78, 5) is 18.5. The maximum atomic E-state index is 11.0. The van der Waals surface area contributed by atoms with E-state index < -0.39 is 0 Å². The number of carbonyl (C=O) groups is 1. The fourth-order valence-corrected chi connectivity index (χ4v) is 4.26. The van der Waals surface area contributed by atoms with Crippen LogP contribution in [-0.4, -0.2) is 31.4 Å². The molecule has 134 valence electrons. The van der Waals surface area contributed by atoms with E-state index in [9.17, 15) is 4.79 Å². The van der Waals surface area contributed by atoms with Crippen molar-refractivity contribution in [3.8, 4) is 0 Å². The Bertz CT molecular complexity index is 831. The van der Waals surface area contributed by atoms with Crippen LogP contribution in [0.4, 0.5) is 11.4 Å². The standard InChI is InChI=1S/C22H24N2O2/c1-17(25)26-15-7-12-21-22(19-10-5-6-11-20(19)23-21)13-14-24(16-22)18-8-3-2-4-9-18/h2-6,8-11H,7,12-16H2,1H3. The van der Waals surface area contributed by atoms with Crippen LogP contribution >= 0.6 is 0 Å². The number of hydrogen-bond acceptors (Lipinski definition) is 4. The Hall–Kier alpha value is -2.62. The third kappa shape index (κ3) is 3.00. The van der Waals surface area contributed by atoms with Crippen molar-refractivity contribution in [1.29, 1.82) is 0 Å². The number of para-hydroxylation sites is 2. The van der Waals surface area contributed by atoms with Crippen LogP contribution in [0.15, 0.2) is 59.6 Å². The molecule has 0 aromatic heterocycles. The van der Waals surface area contributed by atoms with Gasteiger partial charge in [-0.15, -0.1) is 0 Å². The minimum Gasteiger partial charge on any atom is -0.466 e. The fourth-order valence-electron chi connectivity index (χ4n) is 4.26. The first-order valence-corrected chi connectivity index (χ1v) is 9.30.